The predicted octanol–water partition coefficient (Wildman–Crippen LogP) is 3.80. The first-order valence-electron chi connectivity index (χ1n) is 6.41. The van der Waals surface area contributed by atoms with E-state index in [1.165, 1.54) is 0 Å². The van der Waals surface area contributed by atoms with E-state index >= 15 is 0 Å². The standard InChI is InChI=1S/C14H18N2O2S2/c1-11-5-3-6-12(9-11)17-10-13-15-16-14(18-13)20-8-4-7-19-2/h3,5-6,9H,4,7-8,10H2,1-2H3. The van der Waals surface area contributed by atoms with Crippen molar-refractivity contribution in [3.05, 3.63) is 35.7 Å². The van der Waals surface area contributed by atoms with Crippen LogP contribution in [0.1, 0.15) is 17.9 Å². The zero-order valence-electron chi connectivity index (χ0n) is 11.7. The van der Waals surface area contributed by atoms with E-state index in [2.05, 4.69) is 16.5 Å². The minimum absolute atomic E-state index is 0.307. The molecule has 6 heteroatoms. The van der Waals surface area contributed by atoms with Crippen molar-refractivity contribution in [3.63, 3.8) is 0 Å². The molecule has 0 amide bonds. The van der Waals surface area contributed by atoms with E-state index in [9.17, 15) is 0 Å². The van der Waals surface area contributed by atoms with Gasteiger partial charge in [-0.05, 0) is 43.0 Å². The van der Waals surface area contributed by atoms with Gasteiger partial charge in [0.05, 0.1) is 0 Å². The number of benzene rings is 1. The van der Waals surface area contributed by atoms with Gasteiger partial charge in [-0.3, -0.25) is 0 Å². The van der Waals surface area contributed by atoms with Crippen LogP contribution in [0.3, 0.4) is 0 Å². The second-order valence-electron chi connectivity index (χ2n) is 4.26. The summed E-state index contributed by atoms with van der Waals surface area (Å²) in [4.78, 5) is 0. The van der Waals surface area contributed by atoms with Crippen molar-refractivity contribution in [1.82, 2.24) is 10.2 Å². The van der Waals surface area contributed by atoms with Gasteiger partial charge >= 0.3 is 0 Å². The summed E-state index contributed by atoms with van der Waals surface area (Å²) < 4.78 is 11.1. The van der Waals surface area contributed by atoms with E-state index in [-0.39, 0.29) is 0 Å². The molecule has 2 aromatic rings. The van der Waals surface area contributed by atoms with Crippen LogP contribution in [0, 0.1) is 6.92 Å². The minimum atomic E-state index is 0.307. The molecular weight excluding hydrogens is 292 g/mol. The highest BCUT2D eigenvalue weighted by Crippen LogP contribution is 2.19. The highest BCUT2D eigenvalue weighted by atomic mass is 32.2. The molecule has 0 aliphatic rings. The van der Waals surface area contributed by atoms with Crippen molar-refractivity contribution in [2.45, 2.75) is 25.2 Å². The number of nitrogens with zero attached hydrogens (tertiary/aromatic N) is 2. The van der Waals surface area contributed by atoms with E-state index < -0.39 is 0 Å². The van der Waals surface area contributed by atoms with Gasteiger partial charge in [0.2, 0.25) is 0 Å². The Morgan fingerprint density at radius 1 is 1.25 bits per heavy atom. The number of hydrogen-bond acceptors (Lipinski definition) is 6. The Kier molecular flexibility index (Phi) is 6.26. The third-order valence-corrected chi connectivity index (χ3v) is 4.12. The van der Waals surface area contributed by atoms with Gasteiger partial charge in [-0.2, -0.15) is 11.8 Å². The Balaban J connectivity index is 1.78. The maximum absolute atomic E-state index is 5.62. The molecule has 0 saturated carbocycles. The van der Waals surface area contributed by atoms with E-state index in [0.717, 1.165) is 29.2 Å². The van der Waals surface area contributed by atoms with Crippen molar-refractivity contribution >= 4 is 23.5 Å². The summed E-state index contributed by atoms with van der Waals surface area (Å²) in [6, 6.07) is 7.89. The van der Waals surface area contributed by atoms with Gasteiger partial charge in [0.25, 0.3) is 11.1 Å². The minimum Gasteiger partial charge on any atom is -0.484 e. The van der Waals surface area contributed by atoms with Crippen LogP contribution in [0.25, 0.3) is 0 Å². The number of rotatable bonds is 8. The molecule has 0 saturated heterocycles. The van der Waals surface area contributed by atoms with Crippen molar-refractivity contribution in [3.8, 4) is 5.75 Å². The highest BCUT2D eigenvalue weighted by Gasteiger charge is 2.07. The third-order valence-electron chi connectivity index (χ3n) is 2.52. The van der Waals surface area contributed by atoms with Gasteiger partial charge in [-0.25, -0.2) is 0 Å². The van der Waals surface area contributed by atoms with E-state index in [4.69, 9.17) is 9.15 Å². The van der Waals surface area contributed by atoms with Gasteiger partial charge in [0, 0.05) is 5.75 Å². The quantitative estimate of drug-likeness (QED) is 0.546. The summed E-state index contributed by atoms with van der Waals surface area (Å²) in [5, 5.41) is 8.61. The van der Waals surface area contributed by atoms with Crippen molar-refractivity contribution < 1.29 is 9.15 Å². The number of hydrogen-bond donors (Lipinski definition) is 0. The molecule has 1 aromatic heterocycles. The van der Waals surface area contributed by atoms with Crippen molar-refractivity contribution in [1.29, 1.82) is 0 Å². The molecule has 0 unspecified atom stereocenters. The second kappa shape index (κ2) is 8.21. The smallest absolute Gasteiger partial charge is 0.276 e. The van der Waals surface area contributed by atoms with Gasteiger partial charge in [0.15, 0.2) is 6.61 Å². The Bertz CT molecular complexity index is 531. The third kappa shape index (κ3) is 5.09. The summed E-state index contributed by atoms with van der Waals surface area (Å²) in [6.45, 7) is 2.34. The number of thioether (sulfide) groups is 2. The predicted molar refractivity (Wildman–Crippen MR) is 83.5 cm³/mol. The molecule has 1 heterocycles. The Hall–Kier alpha value is -1.14. The Morgan fingerprint density at radius 2 is 2.15 bits per heavy atom. The van der Waals surface area contributed by atoms with Gasteiger partial charge < -0.3 is 9.15 Å². The van der Waals surface area contributed by atoms with Crippen LogP contribution in [0.15, 0.2) is 33.9 Å². The highest BCUT2D eigenvalue weighted by molar-refractivity contribution is 7.99. The van der Waals surface area contributed by atoms with E-state index in [1.54, 1.807) is 11.8 Å². The van der Waals surface area contributed by atoms with Crippen LogP contribution >= 0.6 is 23.5 Å². The first-order chi connectivity index (χ1) is 9.78. The lowest BCUT2D eigenvalue weighted by Gasteiger charge is -2.03. The molecule has 108 valence electrons. The summed E-state index contributed by atoms with van der Waals surface area (Å²) in [5.74, 6) is 3.49. The van der Waals surface area contributed by atoms with Crippen LogP contribution in [0.4, 0.5) is 0 Å². The zero-order chi connectivity index (χ0) is 14.2. The molecule has 0 aliphatic heterocycles. The lowest BCUT2D eigenvalue weighted by Crippen LogP contribution is -1.95. The molecule has 2 rings (SSSR count). The van der Waals surface area contributed by atoms with Crippen LogP contribution in [-0.2, 0) is 6.61 Å². The molecule has 0 N–H and O–H groups in total. The van der Waals surface area contributed by atoms with Crippen LogP contribution in [-0.4, -0.2) is 28.0 Å². The fourth-order valence-corrected chi connectivity index (χ4v) is 2.90. The molecule has 0 fully saturated rings. The van der Waals surface area contributed by atoms with Crippen LogP contribution < -0.4 is 4.74 Å². The van der Waals surface area contributed by atoms with Crippen molar-refractivity contribution in [2.75, 3.05) is 17.8 Å². The molecule has 1 aromatic carbocycles. The summed E-state index contributed by atoms with van der Waals surface area (Å²) in [6.07, 6.45) is 3.25. The van der Waals surface area contributed by atoms with Gasteiger partial charge in [-0.15, -0.1) is 10.2 Å². The molecule has 0 aliphatic carbocycles. The largest absolute Gasteiger partial charge is 0.484 e. The van der Waals surface area contributed by atoms with Crippen LogP contribution in [0.5, 0.6) is 5.75 Å². The summed E-state index contributed by atoms with van der Waals surface area (Å²) in [5.41, 5.74) is 1.16. The summed E-state index contributed by atoms with van der Waals surface area (Å²) >= 11 is 3.45. The fourth-order valence-electron chi connectivity index (χ4n) is 1.57. The average Bonchev–Trinajstić information content (AvgIpc) is 2.89. The second-order valence-corrected chi connectivity index (χ2v) is 6.29. The molecule has 4 nitrogen and oxygen atoms in total. The maximum atomic E-state index is 5.62. The van der Waals surface area contributed by atoms with Gasteiger partial charge in [0.1, 0.15) is 5.75 Å². The number of aromatic nitrogens is 2. The lowest BCUT2D eigenvalue weighted by molar-refractivity contribution is 0.252. The molecule has 0 atom stereocenters. The average molecular weight is 310 g/mol. The number of ether oxygens (including phenoxy) is 1. The van der Waals surface area contributed by atoms with Crippen molar-refractivity contribution in [2.24, 2.45) is 0 Å². The molecule has 20 heavy (non-hydrogen) atoms. The zero-order valence-corrected chi connectivity index (χ0v) is 13.3. The Morgan fingerprint density at radius 3 is 2.95 bits per heavy atom. The Labute approximate surface area is 127 Å². The molecule has 0 spiro atoms. The molecular formula is C14H18N2O2S2. The fraction of sp³-hybridized carbons (Fsp3) is 0.429. The van der Waals surface area contributed by atoms with Crippen LogP contribution in [0.2, 0.25) is 0 Å². The first kappa shape index (κ1) is 15.3. The molecule has 0 radical (unpaired) electrons. The van der Waals surface area contributed by atoms with E-state index in [0.29, 0.717) is 17.7 Å². The van der Waals surface area contributed by atoms with Gasteiger partial charge in [-0.1, -0.05) is 23.9 Å². The number of aryl methyl sites for hydroxylation is 1. The monoisotopic (exact) mass is 310 g/mol. The molecule has 0 bridgehead atoms. The normalized spacial score (nSPS) is 10.7. The summed E-state index contributed by atoms with van der Waals surface area (Å²) in [7, 11) is 0. The van der Waals surface area contributed by atoms with E-state index in [1.807, 2.05) is 43.0 Å². The SMILES string of the molecule is CSCCCSc1nnc(COc2cccc(C)c2)o1. The maximum Gasteiger partial charge on any atom is 0.276 e. The lowest BCUT2D eigenvalue weighted by atomic mass is 10.2. The topological polar surface area (TPSA) is 48.2 Å². The first-order valence-corrected chi connectivity index (χ1v) is 8.79.